The summed E-state index contributed by atoms with van der Waals surface area (Å²) in [5.41, 5.74) is 1.16. The van der Waals surface area contributed by atoms with Gasteiger partial charge in [-0.15, -0.1) is 0 Å². The average Bonchev–Trinajstić information content (AvgIpc) is 2.48. The first-order valence-corrected chi connectivity index (χ1v) is 7.19. The monoisotopic (exact) mass is 293 g/mol. The summed E-state index contributed by atoms with van der Waals surface area (Å²) in [5, 5.41) is 8.66. The van der Waals surface area contributed by atoms with Crippen molar-refractivity contribution >= 4 is 11.9 Å². The summed E-state index contributed by atoms with van der Waals surface area (Å²) in [4.78, 5) is 24.1. The van der Waals surface area contributed by atoms with Crippen molar-refractivity contribution in [1.82, 2.24) is 4.90 Å². The lowest BCUT2D eigenvalue weighted by molar-refractivity contribution is -0.138. The molecule has 0 aliphatic carbocycles. The highest BCUT2D eigenvalue weighted by Gasteiger charge is 2.12. The molecule has 0 spiro atoms. The molecule has 0 aliphatic heterocycles. The van der Waals surface area contributed by atoms with Gasteiger partial charge in [0.2, 0.25) is 5.91 Å². The summed E-state index contributed by atoms with van der Waals surface area (Å²) < 4.78 is 5.10. The van der Waals surface area contributed by atoms with Crippen molar-refractivity contribution in [3.63, 3.8) is 0 Å². The van der Waals surface area contributed by atoms with Crippen molar-refractivity contribution in [2.45, 2.75) is 32.6 Å². The molecule has 0 fully saturated rings. The third-order valence-corrected chi connectivity index (χ3v) is 3.35. The molecule has 1 N–H and O–H groups in total. The second-order valence-corrected chi connectivity index (χ2v) is 4.82. The SMILES string of the molecule is CCN(CCC(=O)O)C(=O)CCCc1ccc(OC)cc1. The number of nitrogens with zero attached hydrogens (tertiary/aromatic N) is 1. The van der Waals surface area contributed by atoms with Crippen LogP contribution in [-0.4, -0.2) is 42.1 Å². The molecule has 1 rings (SSSR count). The number of carboxylic acids is 1. The lowest BCUT2D eigenvalue weighted by Gasteiger charge is -2.19. The average molecular weight is 293 g/mol. The number of benzene rings is 1. The minimum atomic E-state index is -0.875. The molecule has 0 heterocycles. The van der Waals surface area contributed by atoms with E-state index in [9.17, 15) is 9.59 Å². The lowest BCUT2D eigenvalue weighted by Crippen LogP contribution is -2.32. The van der Waals surface area contributed by atoms with Crippen LogP contribution >= 0.6 is 0 Å². The van der Waals surface area contributed by atoms with Gasteiger partial charge in [-0.1, -0.05) is 12.1 Å². The van der Waals surface area contributed by atoms with Gasteiger partial charge < -0.3 is 14.7 Å². The maximum atomic E-state index is 12.0. The van der Waals surface area contributed by atoms with E-state index in [1.807, 2.05) is 31.2 Å². The second-order valence-electron chi connectivity index (χ2n) is 4.82. The van der Waals surface area contributed by atoms with Crippen molar-refractivity contribution in [3.8, 4) is 5.75 Å². The van der Waals surface area contributed by atoms with Gasteiger partial charge in [-0.25, -0.2) is 0 Å². The molecule has 0 aliphatic rings. The molecule has 21 heavy (non-hydrogen) atoms. The number of hydrogen-bond donors (Lipinski definition) is 1. The maximum Gasteiger partial charge on any atom is 0.305 e. The van der Waals surface area contributed by atoms with Gasteiger partial charge >= 0.3 is 5.97 Å². The van der Waals surface area contributed by atoms with Crippen LogP contribution in [0.25, 0.3) is 0 Å². The Morgan fingerprint density at radius 1 is 1.19 bits per heavy atom. The van der Waals surface area contributed by atoms with Crippen LogP contribution in [0.2, 0.25) is 0 Å². The fraction of sp³-hybridized carbons (Fsp3) is 0.500. The molecule has 0 bridgehead atoms. The quantitative estimate of drug-likeness (QED) is 0.759. The third kappa shape index (κ3) is 6.29. The molecule has 0 atom stereocenters. The molecule has 0 saturated carbocycles. The maximum absolute atomic E-state index is 12.0. The van der Waals surface area contributed by atoms with Crippen molar-refractivity contribution in [3.05, 3.63) is 29.8 Å². The third-order valence-electron chi connectivity index (χ3n) is 3.35. The van der Waals surface area contributed by atoms with Gasteiger partial charge in [0.15, 0.2) is 0 Å². The number of aliphatic carboxylic acids is 1. The molecular weight excluding hydrogens is 270 g/mol. The summed E-state index contributed by atoms with van der Waals surface area (Å²) in [7, 11) is 1.63. The molecule has 5 heteroatoms. The van der Waals surface area contributed by atoms with E-state index < -0.39 is 5.97 Å². The van der Waals surface area contributed by atoms with Gasteiger partial charge in [-0.3, -0.25) is 9.59 Å². The molecule has 116 valence electrons. The number of ether oxygens (including phenoxy) is 1. The van der Waals surface area contributed by atoms with Crippen LogP contribution in [-0.2, 0) is 16.0 Å². The first-order chi connectivity index (χ1) is 10.1. The number of rotatable bonds is 9. The van der Waals surface area contributed by atoms with Crippen LogP contribution in [0.1, 0.15) is 31.7 Å². The zero-order valence-electron chi connectivity index (χ0n) is 12.7. The van der Waals surface area contributed by atoms with E-state index in [4.69, 9.17) is 9.84 Å². The molecule has 1 aromatic carbocycles. The Bertz CT molecular complexity index is 456. The molecule has 0 unspecified atom stereocenters. The van der Waals surface area contributed by atoms with Gasteiger partial charge in [-0.05, 0) is 37.5 Å². The Balaban J connectivity index is 2.35. The molecule has 1 amide bonds. The number of carbonyl (C=O) groups is 2. The molecule has 0 saturated heterocycles. The normalized spacial score (nSPS) is 10.2. The van der Waals surface area contributed by atoms with Crippen molar-refractivity contribution in [2.75, 3.05) is 20.2 Å². The fourth-order valence-corrected chi connectivity index (χ4v) is 2.08. The largest absolute Gasteiger partial charge is 0.497 e. The van der Waals surface area contributed by atoms with Crippen LogP contribution in [0.4, 0.5) is 0 Å². The van der Waals surface area contributed by atoms with Gasteiger partial charge in [0, 0.05) is 19.5 Å². The Morgan fingerprint density at radius 2 is 1.86 bits per heavy atom. The Kier molecular flexibility index (Phi) is 7.29. The Hall–Kier alpha value is -2.04. The fourth-order valence-electron chi connectivity index (χ4n) is 2.08. The minimum Gasteiger partial charge on any atom is -0.497 e. The topological polar surface area (TPSA) is 66.8 Å². The second kappa shape index (κ2) is 9.00. The summed E-state index contributed by atoms with van der Waals surface area (Å²) in [6, 6.07) is 7.79. The number of aryl methyl sites for hydroxylation is 1. The predicted octanol–water partition coefficient (Wildman–Crippen LogP) is 2.34. The highest BCUT2D eigenvalue weighted by atomic mass is 16.5. The van der Waals surface area contributed by atoms with Gasteiger partial charge in [0.05, 0.1) is 13.5 Å². The van der Waals surface area contributed by atoms with Crippen LogP contribution in [0.5, 0.6) is 5.75 Å². The molecular formula is C16H23NO4. The highest BCUT2D eigenvalue weighted by molar-refractivity contribution is 5.77. The van der Waals surface area contributed by atoms with Gasteiger partial charge in [-0.2, -0.15) is 0 Å². The van der Waals surface area contributed by atoms with Crippen LogP contribution in [0, 0.1) is 0 Å². The van der Waals surface area contributed by atoms with Gasteiger partial charge in [0.25, 0.3) is 0 Å². The number of carboxylic acid groups (broad SMARTS) is 1. The van der Waals surface area contributed by atoms with E-state index in [0.717, 1.165) is 24.2 Å². The highest BCUT2D eigenvalue weighted by Crippen LogP contribution is 2.13. The lowest BCUT2D eigenvalue weighted by atomic mass is 10.1. The van der Waals surface area contributed by atoms with E-state index in [1.54, 1.807) is 12.0 Å². The molecule has 0 radical (unpaired) electrons. The van der Waals surface area contributed by atoms with Crippen molar-refractivity contribution < 1.29 is 19.4 Å². The zero-order valence-corrected chi connectivity index (χ0v) is 12.7. The summed E-state index contributed by atoms with van der Waals surface area (Å²) in [5.74, 6) is -0.0348. The Morgan fingerprint density at radius 3 is 2.38 bits per heavy atom. The van der Waals surface area contributed by atoms with Crippen molar-refractivity contribution in [2.24, 2.45) is 0 Å². The van der Waals surface area contributed by atoms with Crippen molar-refractivity contribution in [1.29, 1.82) is 0 Å². The predicted molar refractivity (Wildman–Crippen MR) is 80.4 cm³/mol. The zero-order chi connectivity index (χ0) is 15.7. The molecule has 1 aromatic rings. The van der Waals surface area contributed by atoms with E-state index >= 15 is 0 Å². The molecule has 5 nitrogen and oxygen atoms in total. The first kappa shape index (κ1) is 17.0. The minimum absolute atomic E-state index is 0.00192. The van der Waals surface area contributed by atoms with E-state index in [-0.39, 0.29) is 18.9 Å². The van der Waals surface area contributed by atoms with E-state index in [2.05, 4.69) is 0 Å². The summed E-state index contributed by atoms with van der Waals surface area (Å²) >= 11 is 0. The van der Waals surface area contributed by atoms with E-state index in [0.29, 0.717) is 13.0 Å². The number of carbonyl (C=O) groups excluding carboxylic acids is 1. The van der Waals surface area contributed by atoms with E-state index in [1.165, 1.54) is 0 Å². The number of methoxy groups -OCH3 is 1. The van der Waals surface area contributed by atoms with Crippen LogP contribution < -0.4 is 4.74 Å². The number of amides is 1. The Labute approximate surface area is 125 Å². The summed E-state index contributed by atoms with van der Waals surface area (Å²) in [6.07, 6.45) is 2.03. The standard InChI is InChI=1S/C16H23NO4/c1-3-17(12-11-16(19)20)15(18)6-4-5-13-7-9-14(21-2)10-8-13/h7-10H,3-6,11-12H2,1-2H3,(H,19,20). The van der Waals surface area contributed by atoms with Crippen LogP contribution in [0.15, 0.2) is 24.3 Å². The smallest absolute Gasteiger partial charge is 0.305 e. The first-order valence-electron chi connectivity index (χ1n) is 7.19. The van der Waals surface area contributed by atoms with Gasteiger partial charge in [0.1, 0.15) is 5.75 Å². The summed E-state index contributed by atoms with van der Waals surface area (Å²) in [6.45, 7) is 2.70. The van der Waals surface area contributed by atoms with Crippen LogP contribution in [0.3, 0.4) is 0 Å². The number of hydrogen-bond acceptors (Lipinski definition) is 3. The molecule has 0 aromatic heterocycles.